The third-order valence-corrected chi connectivity index (χ3v) is 1.92. The minimum atomic E-state index is -0.948. The minimum Gasteiger partial charge on any atom is -0.476 e. The van der Waals surface area contributed by atoms with E-state index in [9.17, 15) is 4.79 Å². The first-order valence-electron chi connectivity index (χ1n) is 4.37. The van der Waals surface area contributed by atoms with Gasteiger partial charge >= 0.3 is 5.97 Å². The van der Waals surface area contributed by atoms with Crippen molar-refractivity contribution in [2.75, 3.05) is 0 Å². The average molecular weight is 182 g/mol. The van der Waals surface area contributed by atoms with Gasteiger partial charge in [0.1, 0.15) is 0 Å². The summed E-state index contributed by atoms with van der Waals surface area (Å²) in [6.45, 7) is 5.87. The lowest BCUT2D eigenvalue weighted by atomic mass is 10.2. The van der Waals surface area contributed by atoms with Gasteiger partial charge in [0.15, 0.2) is 5.69 Å². The van der Waals surface area contributed by atoms with E-state index >= 15 is 0 Å². The van der Waals surface area contributed by atoms with Crippen LogP contribution in [0.25, 0.3) is 0 Å². The highest BCUT2D eigenvalue weighted by Crippen LogP contribution is 2.11. The second kappa shape index (κ2) is 3.60. The summed E-state index contributed by atoms with van der Waals surface area (Å²) in [4.78, 5) is 10.7. The average Bonchev–Trinajstić information content (AvgIpc) is 2.47. The summed E-state index contributed by atoms with van der Waals surface area (Å²) in [5.74, 6) is -0.948. The van der Waals surface area contributed by atoms with Crippen LogP contribution in [0.1, 0.15) is 42.9 Å². The van der Waals surface area contributed by atoms with Gasteiger partial charge in [-0.1, -0.05) is 6.92 Å². The van der Waals surface area contributed by atoms with E-state index < -0.39 is 5.97 Å². The van der Waals surface area contributed by atoms with E-state index in [1.807, 2.05) is 20.8 Å². The van der Waals surface area contributed by atoms with Gasteiger partial charge in [0.25, 0.3) is 0 Å². The van der Waals surface area contributed by atoms with Gasteiger partial charge in [0.05, 0.1) is 0 Å². The summed E-state index contributed by atoms with van der Waals surface area (Å²) in [6, 6.07) is 0.207. The molecule has 1 aromatic heterocycles. The Labute approximate surface area is 77.2 Å². The highest BCUT2D eigenvalue weighted by molar-refractivity contribution is 5.86. The summed E-state index contributed by atoms with van der Waals surface area (Å²) < 4.78 is 1.68. The quantitative estimate of drug-likeness (QED) is 0.774. The highest BCUT2D eigenvalue weighted by atomic mass is 16.4. The molecule has 0 aromatic carbocycles. The number of nitrogens with zero attached hydrogens (tertiary/aromatic N) is 2. The van der Waals surface area contributed by atoms with Crippen molar-refractivity contribution in [3.05, 3.63) is 17.5 Å². The SMILES string of the molecule is CCc1cn(C(C)C)nc1C(=O)O. The first kappa shape index (κ1) is 9.77. The number of aromatic carboxylic acids is 1. The van der Waals surface area contributed by atoms with Gasteiger partial charge in [-0.05, 0) is 20.3 Å². The van der Waals surface area contributed by atoms with Crippen LogP contribution in [0.5, 0.6) is 0 Å². The molecule has 0 amide bonds. The number of hydrogen-bond acceptors (Lipinski definition) is 2. The van der Waals surface area contributed by atoms with Crippen LogP contribution in [0.15, 0.2) is 6.20 Å². The maximum Gasteiger partial charge on any atom is 0.356 e. The summed E-state index contributed by atoms with van der Waals surface area (Å²) in [7, 11) is 0. The summed E-state index contributed by atoms with van der Waals surface area (Å²) in [5.41, 5.74) is 0.970. The van der Waals surface area contributed by atoms with E-state index in [1.54, 1.807) is 10.9 Å². The van der Waals surface area contributed by atoms with Crippen LogP contribution in [0.3, 0.4) is 0 Å². The summed E-state index contributed by atoms with van der Waals surface area (Å²) in [5, 5.41) is 12.8. The largest absolute Gasteiger partial charge is 0.476 e. The summed E-state index contributed by atoms with van der Waals surface area (Å²) >= 11 is 0. The van der Waals surface area contributed by atoms with Gasteiger partial charge in [0, 0.05) is 17.8 Å². The van der Waals surface area contributed by atoms with Gasteiger partial charge < -0.3 is 5.11 Å². The molecular formula is C9H14N2O2. The van der Waals surface area contributed by atoms with Crippen LogP contribution in [0.2, 0.25) is 0 Å². The predicted octanol–water partition coefficient (Wildman–Crippen LogP) is 1.72. The lowest BCUT2D eigenvalue weighted by Gasteiger charge is -2.02. The molecule has 0 fully saturated rings. The molecule has 0 unspecified atom stereocenters. The number of aryl methyl sites for hydroxylation is 1. The van der Waals surface area contributed by atoms with Crippen LogP contribution in [0, 0.1) is 0 Å². The van der Waals surface area contributed by atoms with E-state index in [0.29, 0.717) is 6.42 Å². The maximum atomic E-state index is 10.7. The number of carboxylic acids is 1. The minimum absolute atomic E-state index is 0.177. The molecule has 1 rings (SSSR count). The van der Waals surface area contributed by atoms with Gasteiger partial charge in [-0.25, -0.2) is 4.79 Å². The fourth-order valence-corrected chi connectivity index (χ4v) is 1.13. The Bertz CT molecular complexity index is 315. The molecule has 72 valence electrons. The molecule has 1 aromatic rings. The molecule has 0 saturated carbocycles. The smallest absolute Gasteiger partial charge is 0.356 e. The van der Waals surface area contributed by atoms with Gasteiger partial charge in [0.2, 0.25) is 0 Å². The lowest BCUT2D eigenvalue weighted by molar-refractivity contribution is 0.0688. The Morgan fingerprint density at radius 2 is 2.31 bits per heavy atom. The molecule has 0 aliphatic heterocycles. The van der Waals surface area contributed by atoms with Crippen molar-refractivity contribution in [3.63, 3.8) is 0 Å². The fraction of sp³-hybridized carbons (Fsp3) is 0.556. The van der Waals surface area contributed by atoms with E-state index in [1.165, 1.54) is 0 Å². The topological polar surface area (TPSA) is 55.1 Å². The summed E-state index contributed by atoms with van der Waals surface area (Å²) in [6.07, 6.45) is 2.50. The standard InChI is InChI=1S/C9H14N2O2/c1-4-7-5-11(6(2)3)10-8(7)9(12)13/h5-6H,4H2,1-3H3,(H,12,13). The molecule has 4 heteroatoms. The van der Waals surface area contributed by atoms with Crippen LogP contribution < -0.4 is 0 Å². The second-order valence-corrected chi connectivity index (χ2v) is 3.24. The number of carboxylic acid groups (broad SMARTS) is 1. The lowest BCUT2D eigenvalue weighted by Crippen LogP contribution is -2.04. The molecule has 0 saturated heterocycles. The molecule has 0 atom stereocenters. The molecule has 0 aliphatic carbocycles. The Morgan fingerprint density at radius 1 is 1.69 bits per heavy atom. The number of carbonyl (C=O) groups is 1. The van der Waals surface area contributed by atoms with Crippen LogP contribution in [0.4, 0.5) is 0 Å². The zero-order valence-electron chi connectivity index (χ0n) is 8.11. The van der Waals surface area contributed by atoms with Crippen molar-refractivity contribution < 1.29 is 9.90 Å². The van der Waals surface area contributed by atoms with Gasteiger partial charge in [-0.2, -0.15) is 5.10 Å². The van der Waals surface area contributed by atoms with E-state index in [0.717, 1.165) is 5.56 Å². The van der Waals surface area contributed by atoms with E-state index in [-0.39, 0.29) is 11.7 Å². The van der Waals surface area contributed by atoms with E-state index in [2.05, 4.69) is 5.10 Å². The molecule has 13 heavy (non-hydrogen) atoms. The van der Waals surface area contributed by atoms with Crippen LogP contribution >= 0.6 is 0 Å². The first-order chi connectivity index (χ1) is 6.06. The van der Waals surface area contributed by atoms with Crippen LogP contribution in [-0.2, 0) is 6.42 Å². The van der Waals surface area contributed by atoms with Crippen molar-refractivity contribution in [1.82, 2.24) is 9.78 Å². The van der Waals surface area contributed by atoms with Crippen molar-refractivity contribution in [2.45, 2.75) is 33.2 Å². The molecule has 1 N–H and O–H groups in total. The third kappa shape index (κ3) is 1.88. The second-order valence-electron chi connectivity index (χ2n) is 3.24. The van der Waals surface area contributed by atoms with Crippen molar-refractivity contribution in [1.29, 1.82) is 0 Å². The highest BCUT2D eigenvalue weighted by Gasteiger charge is 2.14. The van der Waals surface area contributed by atoms with Crippen LogP contribution in [-0.4, -0.2) is 20.9 Å². The fourth-order valence-electron chi connectivity index (χ4n) is 1.13. The Hall–Kier alpha value is -1.32. The molecule has 0 aliphatic rings. The number of rotatable bonds is 3. The Balaban J connectivity index is 3.11. The molecule has 0 radical (unpaired) electrons. The van der Waals surface area contributed by atoms with Crippen molar-refractivity contribution in [3.8, 4) is 0 Å². The van der Waals surface area contributed by atoms with E-state index in [4.69, 9.17) is 5.11 Å². The third-order valence-electron chi connectivity index (χ3n) is 1.92. The first-order valence-corrected chi connectivity index (χ1v) is 4.37. The predicted molar refractivity (Wildman–Crippen MR) is 48.9 cm³/mol. The Morgan fingerprint density at radius 3 is 2.62 bits per heavy atom. The van der Waals surface area contributed by atoms with Crippen molar-refractivity contribution >= 4 is 5.97 Å². The number of hydrogen-bond donors (Lipinski definition) is 1. The molecule has 4 nitrogen and oxygen atoms in total. The molecule has 0 spiro atoms. The molecule has 0 bridgehead atoms. The number of aromatic nitrogens is 2. The van der Waals surface area contributed by atoms with Crippen molar-refractivity contribution in [2.24, 2.45) is 0 Å². The molecular weight excluding hydrogens is 168 g/mol. The zero-order chi connectivity index (χ0) is 10.0. The Kier molecular flexibility index (Phi) is 2.70. The molecule has 1 heterocycles. The maximum absolute atomic E-state index is 10.7. The monoisotopic (exact) mass is 182 g/mol. The zero-order valence-corrected chi connectivity index (χ0v) is 8.11. The van der Waals surface area contributed by atoms with Gasteiger partial charge in [-0.3, -0.25) is 4.68 Å². The normalized spacial score (nSPS) is 10.8. The van der Waals surface area contributed by atoms with Gasteiger partial charge in [-0.15, -0.1) is 0 Å².